The van der Waals surface area contributed by atoms with E-state index in [2.05, 4.69) is 21.2 Å². The molecule has 7 heteroatoms. The first kappa shape index (κ1) is 13.8. The Morgan fingerprint density at radius 3 is 2.52 bits per heavy atom. The lowest BCUT2D eigenvalue weighted by Crippen LogP contribution is -2.66. The number of urea groups is 1. The molecule has 2 aliphatic rings. The van der Waals surface area contributed by atoms with Crippen LogP contribution in [0.15, 0.2) is 22.7 Å². The number of nitrogens with one attached hydrogen (secondary N) is 1. The molecule has 3 rings (SSSR count). The van der Waals surface area contributed by atoms with Crippen LogP contribution in [0.25, 0.3) is 0 Å². The maximum Gasteiger partial charge on any atom is 0.335 e. The second-order valence-electron chi connectivity index (χ2n) is 5.11. The highest BCUT2D eigenvalue weighted by Gasteiger charge is 2.57. The molecule has 2 fully saturated rings. The van der Waals surface area contributed by atoms with Gasteiger partial charge in [0.15, 0.2) is 0 Å². The molecule has 0 unspecified atom stereocenters. The molecule has 1 aromatic rings. The zero-order valence-electron chi connectivity index (χ0n) is 10.9. The van der Waals surface area contributed by atoms with E-state index >= 15 is 0 Å². The number of barbiturate groups is 1. The zero-order chi connectivity index (χ0) is 15.2. The van der Waals surface area contributed by atoms with Crippen LogP contribution >= 0.6 is 15.9 Å². The van der Waals surface area contributed by atoms with Gasteiger partial charge in [0.1, 0.15) is 5.41 Å². The van der Waals surface area contributed by atoms with Crippen LogP contribution < -0.4 is 10.2 Å². The highest BCUT2D eigenvalue weighted by Crippen LogP contribution is 2.46. The van der Waals surface area contributed by atoms with Crippen molar-refractivity contribution in [2.45, 2.75) is 19.3 Å². The summed E-state index contributed by atoms with van der Waals surface area (Å²) in [6, 6.07) is 5.78. The van der Waals surface area contributed by atoms with E-state index in [0.717, 1.165) is 11.3 Å². The molecule has 1 saturated carbocycles. The number of nitrogens with zero attached hydrogens (tertiary/aromatic N) is 2. The SMILES string of the molecule is N#Cc1ccc(N2C(=O)NC(=O)C3(CCC3)C2=O)c(Br)c1. The fourth-order valence-electron chi connectivity index (χ4n) is 2.62. The van der Waals surface area contributed by atoms with E-state index in [9.17, 15) is 14.4 Å². The summed E-state index contributed by atoms with van der Waals surface area (Å²) in [4.78, 5) is 37.6. The maximum atomic E-state index is 12.6. The van der Waals surface area contributed by atoms with Crippen molar-refractivity contribution in [1.82, 2.24) is 5.32 Å². The van der Waals surface area contributed by atoms with Crippen LogP contribution in [-0.2, 0) is 9.59 Å². The van der Waals surface area contributed by atoms with Gasteiger partial charge >= 0.3 is 6.03 Å². The molecule has 1 spiro atoms. The summed E-state index contributed by atoms with van der Waals surface area (Å²) < 4.78 is 0.453. The maximum absolute atomic E-state index is 12.6. The topological polar surface area (TPSA) is 90.3 Å². The average molecular weight is 348 g/mol. The number of rotatable bonds is 1. The molecule has 1 saturated heterocycles. The minimum Gasteiger partial charge on any atom is -0.276 e. The molecule has 21 heavy (non-hydrogen) atoms. The third kappa shape index (κ3) is 1.87. The highest BCUT2D eigenvalue weighted by atomic mass is 79.9. The average Bonchev–Trinajstić information content (AvgIpc) is 2.38. The summed E-state index contributed by atoms with van der Waals surface area (Å²) in [5.41, 5.74) is -0.374. The Kier molecular flexibility index (Phi) is 3.06. The lowest BCUT2D eigenvalue weighted by Gasteiger charge is -2.44. The van der Waals surface area contributed by atoms with Crippen LogP contribution in [0.3, 0.4) is 0 Å². The predicted molar refractivity (Wildman–Crippen MR) is 76.2 cm³/mol. The summed E-state index contributed by atoms with van der Waals surface area (Å²) in [7, 11) is 0. The summed E-state index contributed by atoms with van der Waals surface area (Å²) >= 11 is 3.26. The first-order valence-electron chi connectivity index (χ1n) is 6.39. The Hall–Kier alpha value is -2.20. The minimum absolute atomic E-state index is 0.329. The van der Waals surface area contributed by atoms with E-state index in [-0.39, 0.29) is 0 Å². The summed E-state index contributed by atoms with van der Waals surface area (Å²) in [5.74, 6) is -1.00. The number of halogens is 1. The van der Waals surface area contributed by atoms with Crippen molar-refractivity contribution >= 4 is 39.5 Å². The smallest absolute Gasteiger partial charge is 0.276 e. The predicted octanol–water partition coefficient (Wildman–Crippen LogP) is 2.07. The molecule has 0 aromatic heterocycles. The van der Waals surface area contributed by atoms with E-state index < -0.39 is 23.3 Å². The van der Waals surface area contributed by atoms with Crippen molar-refractivity contribution in [2.75, 3.05) is 4.90 Å². The molecule has 0 radical (unpaired) electrons. The van der Waals surface area contributed by atoms with E-state index in [1.54, 1.807) is 0 Å². The van der Waals surface area contributed by atoms with Crippen molar-refractivity contribution in [2.24, 2.45) is 5.41 Å². The van der Waals surface area contributed by atoms with Crippen LogP contribution in [0.4, 0.5) is 10.5 Å². The number of imide groups is 2. The third-order valence-corrected chi connectivity index (χ3v) is 4.63. The standard InChI is InChI=1S/C14H10BrN3O3/c15-9-6-8(7-16)2-3-10(9)18-12(20)14(4-1-5-14)11(19)17-13(18)21/h2-3,6H,1,4-5H2,(H,17,19,21). The Morgan fingerprint density at radius 1 is 1.29 bits per heavy atom. The fraction of sp³-hybridized carbons (Fsp3) is 0.286. The second-order valence-corrected chi connectivity index (χ2v) is 5.97. The van der Waals surface area contributed by atoms with Gasteiger partial charge in [-0.3, -0.25) is 14.9 Å². The number of carbonyl (C=O) groups is 3. The molecule has 106 valence electrons. The molecule has 6 nitrogen and oxygen atoms in total. The number of carbonyl (C=O) groups excluding carboxylic acids is 3. The van der Waals surface area contributed by atoms with Crippen LogP contribution in [0.2, 0.25) is 0 Å². The van der Waals surface area contributed by atoms with E-state index in [4.69, 9.17) is 5.26 Å². The van der Waals surface area contributed by atoms with Gasteiger partial charge < -0.3 is 0 Å². The van der Waals surface area contributed by atoms with Crippen molar-refractivity contribution < 1.29 is 14.4 Å². The van der Waals surface area contributed by atoms with Gasteiger partial charge in [0.2, 0.25) is 5.91 Å². The lowest BCUT2D eigenvalue weighted by molar-refractivity contribution is -0.148. The molecule has 1 N–H and O–H groups in total. The van der Waals surface area contributed by atoms with Crippen molar-refractivity contribution in [1.29, 1.82) is 5.26 Å². The van der Waals surface area contributed by atoms with Gasteiger partial charge in [-0.05, 0) is 47.0 Å². The van der Waals surface area contributed by atoms with Crippen molar-refractivity contribution in [3.8, 4) is 6.07 Å². The molecule has 1 aliphatic carbocycles. The number of hydrogen-bond donors (Lipinski definition) is 1. The molecule has 1 aliphatic heterocycles. The largest absolute Gasteiger partial charge is 0.335 e. The molecule has 1 aromatic carbocycles. The van der Waals surface area contributed by atoms with Gasteiger partial charge in [-0.25, -0.2) is 9.69 Å². The molecular formula is C14H10BrN3O3. The number of benzene rings is 1. The number of anilines is 1. The van der Waals surface area contributed by atoms with E-state index in [0.29, 0.717) is 28.6 Å². The lowest BCUT2D eigenvalue weighted by atomic mass is 9.66. The Labute approximate surface area is 128 Å². The first-order valence-corrected chi connectivity index (χ1v) is 7.18. The monoisotopic (exact) mass is 347 g/mol. The molecular weight excluding hydrogens is 338 g/mol. The van der Waals surface area contributed by atoms with Gasteiger partial charge in [-0.1, -0.05) is 6.42 Å². The summed E-state index contributed by atoms with van der Waals surface area (Å²) in [6.45, 7) is 0. The summed E-state index contributed by atoms with van der Waals surface area (Å²) in [6.07, 6.45) is 1.69. The molecule has 0 atom stereocenters. The Bertz CT molecular complexity index is 719. The van der Waals surface area contributed by atoms with Crippen LogP contribution in [0.1, 0.15) is 24.8 Å². The third-order valence-electron chi connectivity index (χ3n) is 4.00. The highest BCUT2D eigenvalue weighted by molar-refractivity contribution is 9.10. The van der Waals surface area contributed by atoms with Gasteiger partial charge in [-0.15, -0.1) is 0 Å². The zero-order valence-corrected chi connectivity index (χ0v) is 12.4. The molecule has 4 amide bonds. The molecule has 1 heterocycles. The van der Waals surface area contributed by atoms with Gasteiger partial charge in [0.25, 0.3) is 5.91 Å². The van der Waals surface area contributed by atoms with Gasteiger partial charge in [0.05, 0.1) is 17.3 Å². The summed E-state index contributed by atoms with van der Waals surface area (Å²) in [5, 5.41) is 11.1. The minimum atomic E-state index is -1.11. The van der Waals surface area contributed by atoms with Gasteiger partial charge in [0, 0.05) is 4.47 Å². The normalized spacial score (nSPS) is 20.0. The van der Waals surface area contributed by atoms with E-state index in [1.807, 2.05) is 6.07 Å². The number of amides is 4. The number of hydrogen-bond acceptors (Lipinski definition) is 4. The van der Waals surface area contributed by atoms with Crippen LogP contribution in [0, 0.1) is 16.7 Å². The Morgan fingerprint density at radius 2 is 2.00 bits per heavy atom. The number of nitriles is 1. The van der Waals surface area contributed by atoms with E-state index in [1.165, 1.54) is 18.2 Å². The van der Waals surface area contributed by atoms with Crippen molar-refractivity contribution in [3.05, 3.63) is 28.2 Å². The van der Waals surface area contributed by atoms with Crippen LogP contribution in [0.5, 0.6) is 0 Å². The van der Waals surface area contributed by atoms with Crippen molar-refractivity contribution in [3.63, 3.8) is 0 Å². The van der Waals surface area contributed by atoms with Gasteiger partial charge in [-0.2, -0.15) is 5.26 Å². The first-order chi connectivity index (χ1) is 9.99. The fourth-order valence-corrected chi connectivity index (χ4v) is 3.18. The Balaban J connectivity index is 2.05. The quantitative estimate of drug-likeness (QED) is 0.787. The van der Waals surface area contributed by atoms with Crippen LogP contribution in [-0.4, -0.2) is 17.8 Å². The second kappa shape index (κ2) is 4.67. The molecule has 0 bridgehead atoms.